The Hall–Kier alpha value is -3.45. The minimum absolute atomic E-state index is 0.0283. The molecule has 170 valence electrons. The van der Waals surface area contributed by atoms with E-state index in [4.69, 9.17) is 15.6 Å². The van der Waals surface area contributed by atoms with Crippen molar-refractivity contribution in [2.75, 3.05) is 18.2 Å². The highest BCUT2D eigenvalue weighted by Crippen LogP contribution is 2.38. The normalized spacial score (nSPS) is 11.7. The van der Waals surface area contributed by atoms with Crippen LogP contribution in [0, 0.1) is 0 Å². The van der Waals surface area contributed by atoms with Crippen LogP contribution in [0.1, 0.15) is 11.3 Å². The van der Waals surface area contributed by atoms with Gasteiger partial charge in [-0.2, -0.15) is 0 Å². The third-order valence-corrected chi connectivity index (χ3v) is 7.38. The number of benzene rings is 2. The number of sulfonamides is 1. The molecule has 0 fully saturated rings. The molecular weight excluding hydrogens is 482 g/mol. The van der Waals surface area contributed by atoms with Gasteiger partial charge in [-0.1, -0.05) is 23.5 Å². The summed E-state index contributed by atoms with van der Waals surface area (Å²) in [6.07, 6.45) is 3.68. The molecule has 33 heavy (non-hydrogen) atoms. The lowest BCUT2D eigenvalue weighted by Gasteiger charge is -2.03. The van der Waals surface area contributed by atoms with Gasteiger partial charge in [0.25, 0.3) is 0 Å². The maximum atomic E-state index is 11.4. The lowest BCUT2D eigenvalue weighted by Crippen LogP contribution is -2.11. The average Bonchev–Trinajstić information content (AvgIpc) is 3.38. The number of primary sulfonamides is 1. The smallest absolute Gasteiger partial charge is 0.238 e. The molecule has 4 aromatic rings. The quantitative estimate of drug-likeness (QED) is 0.295. The van der Waals surface area contributed by atoms with E-state index in [2.05, 4.69) is 15.3 Å². The van der Waals surface area contributed by atoms with E-state index in [1.54, 1.807) is 24.3 Å². The van der Waals surface area contributed by atoms with Gasteiger partial charge in [-0.25, -0.2) is 23.5 Å². The number of rotatable bonds is 7. The molecule has 2 aromatic heterocycles. The van der Waals surface area contributed by atoms with Crippen molar-refractivity contribution in [2.45, 2.75) is 4.90 Å². The Kier molecular flexibility index (Phi) is 6.33. The predicted octanol–water partition coefficient (Wildman–Crippen LogP) is 4.12. The number of hydrogen-bond acceptors (Lipinski definition) is 10. The Morgan fingerprint density at radius 2 is 1.88 bits per heavy atom. The van der Waals surface area contributed by atoms with Gasteiger partial charge in [-0.05, 0) is 48.0 Å². The molecule has 0 spiro atoms. The number of anilines is 3. The summed E-state index contributed by atoms with van der Waals surface area (Å²) in [5, 5.41) is 21.3. The number of phenolic OH excluding ortho intramolecular Hbond substituents is 1. The fourth-order valence-electron chi connectivity index (χ4n) is 2.85. The zero-order chi connectivity index (χ0) is 23.6. The number of phenols is 1. The first-order chi connectivity index (χ1) is 15.7. The summed E-state index contributed by atoms with van der Waals surface area (Å²) in [5.41, 5.74) is 8.29. The zero-order valence-electron chi connectivity index (χ0n) is 17.2. The van der Waals surface area contributed by atoms with E-state index >= 15 is 0 Å². The van der Waals surface area contributed by atoms with E-state index in [1.165, 1.54) is 41.9 Å². The molecule has 0 aliphatic rings. The number of methoxy groups -OCH3 is 1. The molecule has 2 aromatic carbocycles. The molecule has 0 bridgehead atoms. The molecule has 0 aliphatic heterocycles. The summed E-state index contributed by atoms with van der Waals surface area (Å²) in [6, 6.07) is 11.2. The van der Waals surface area contributed by atoms with Crippen LogP contribution in [0.5, 0.6) is 11.5 Å². The molecule has 0 amide bonds. The summed E-state index contributed by atoms with van der Waals surface area (Å²) < 4.78 is 27.8. The van der Waals surface area contributed by atoms with Gasteiger partial charge in [-0.3, -0.25) is 0 Å². The van der Waals surface area contributed by atoms with Gasteiger partial charge >= 0.3 is 0 Å². The summed E-state index contributed by atoms with van der Waals surface area (Å²) in [6.45, 7) is 0. The van der Waals surface area contributed by atoms with Crippen LogP contribution in [-0.4, -0.2) is 30.6 Å². The molecular formula is C21H19N5O4S3. The standard InChI is InChI=1S/C21H19N5O4S3/c1-30-17-9-3-12(10-16(17)27)2-4-14-11-31-20(24-14)18-19(22)26-21(32-18)25-13-5-7-15(8-6-13)33(23,28)29/h2-11,27H,22H2,1H3,(H,25,26)(H2,23,28,29). The first-order valence-electron chi connectivity index (χ1n) is 9.40. The van der Waals surface area contributed by atoms with E-state index in [0.29, 0.717) is 22.4 Å². The fraction of sp³-hybridized carbons (Fsp3) is 0.0476. The van der Waals surface area contributed by atoms with Gasteiger partial charge in [0.05, 0.1) is 17.7 Å². The van der Waals surface area contributed by atoms with Crippen LogP contribution >= 0.6 is 22.7 Å². The zero-order valence-corrected chi connectivity index (χ0v) is 19.7. The fourth-order valence-corrected chi connectivity index (χ4v) is 5.16. The number of hydrogen-bond donors (Lipinski definition) is 4. The van der Waals surface area contributed by atoms with E-state index in [1.807, 2.05) is 23.6 Å². The minimum Gasteiger partial charge on any atom is -0.504 e. The second-order valence-electron chi connectivity index (χ2n) is 6.77. The van der Waals surface area contributed by atoms with Gasteiger partial charge in [0.2, 0.25) is 10.0 Å². The highest BCUT2D eigenvalue weighted by Gasteiger charge is 2.15. The second kappa shape index (κ2) is 9.19. The predicted molar refractivity (Wildman–Crippen MR) is 132 cm³/mol. The van der Waals surface area contributed by atoms with Crippen LogP contribution in [0.4, 0.5) is 16.6 Å². The molecule has 0 saturated heterocycles. The van der Waals surface area contributed by atoms with E-state index in [9.17, 15) is 13.5 Å². The Morgan fingerprint density at radius 3 is 2.55 bits per heavy atom. The number of thiazole rings is 2. The molecule has 0 unspecified atom stereocenters. The van der Waals surface area contributed by atoms with Crippen molar-refractivity contribution in [3.63, 3.8) is 0 Å². The summed E-state index contributed by atoms with van der Waals surface area (Å²) in [4.78, 5) is 9.69. The van der Waals surface area contributed by atoms with Crippen LogP contribution in [-0.2, 0) is 10.0 Å². The Labute approximate surface area is 198 Å². The summed E-state index contributed by atoms with van der Waals surface area (Å²) in [5.74, 6) is 0.817. The number of nitrogens with one attached hydrogen (secondary N) is 1. The Morgan fingerprint density at radius 1 is 1.12 bits per heavy atom. The van der Waals surface area contributed by atoms with Crippen molar-refractivity contribution in [3.05, 3.63) is 59.1 Å². The van der Waals surface area contributed by atoms with Crippen LogP contribution in [0.3, 0.4) is 0 Å². The third kappa shape index (κ3) is 5.31. The van der Waals surface area contributed by atoms with Crippen molar-refractivity contribution in [1.82, 2.24) is 9.97 Å². The van der Waals surface area contributed by atoms with Gasteiger partial charge in [0.15, 0.2) is 16.6 Å². The molecule has 9 nitrogen and oxygen atoms in total. The van der Waals surface area contributed by atoms with Crippen molar-refractivity contribution < 1.29 is 18.3 Å². The van der Waals surface area contributed by atoms with Crippen molar-refractivity contribution in [2.24, 2.45) is 5.14 Å². The van der Waals surface area contributed by atoms with Gasteiger partial charge in [0.1, 0.15) is 15.7 Å². The number of nitrogens with two attached hydrogens (primary N) is 2. The van der Waals surface area contributed by atoms with E-state index in [-0.39, 0.29) is 10.6 Å². The van der Waals surface area contributed by atoms with Crippen molar-refractivity contribution >= 4 is 61.5 Å². The van der Waals surface area contributed by atoms with Crippen LogP contribution in [0.25, 0.3) is 22.0 Å². The van der Waals surface area contributed by atoms with Crippen LogP contribution in [0.15, 0.2) is 52.7 Å². The number of nitrogen functional groups attached to an aromatic ring is 1. The highest BCUT2D eigenvalue weighted by molar-refractivity contribution is 7.89. The first kappa shape index (κ1) is 22.7. The molecule has 4 rings (SSSR count). The first-order valence-corrected chi connectivity index (χ1v) is 12.6. The molecule has 0 atom stereocenters. The van der Waals surface area contributed by atoms with Crippen molar-refractivity contribution in [3.8, 4) is 21.4 Å². The van der Waals surface area contributed by atoms with Gasteiger partial charge in [0, 0.05) is 11.1 Å². The Bertz CT molecular complexity index is 1430. The maximum Gasteiger partial charge on any atom is 0.238 e. The van der Waals surface area contributed by atoms with Gasteiger partial charge < -0.3 is 20.9 Å². The number of ether oxygens (including phenoxy) is 1. The third-order valence-electron chi connectivity index (χ3n) is 4.45. The minimum atomic E-state index is -3.75. The van der Waals surface area contributed by atoms with Crippen LogP contribution < -0.4 is 20.9 Å². The summed E-state index contributed by atoms with van der Waals surface area (Å²) >= 11 is 2.77. The molecule has 2 heterocycles. The SMILES string of the molecule is COc1ccc(C=Cc2csc(-c3sc(Nc4ccc(S(N)(=O)=O)cc4)nc3N)n2)cc1O. The largest absolute Gasteiger partial charge is 0.504 e. The lowest BCUT2D eigenvalue weighted by molar-refractivity contribution is 0.373. The molecule has 0 aliphatic carbocycles. The topological polar surface area (TPSA) is 153 Å². The molecule has 0 radical (unpaired) electrons. The monoisotopic (exact) mass is 501 g/mol. The highest BCUT2D eigenvalue weighted by atomic mass is 32.2. The summed E-state index contributed by atoms with van der Waals surface area (Å²) in [7, 11) is -2.25. The molecule has 6 N–H and O–H groups in total. The molecule has 0 saturated carbocycles. The maximum absolute atomic E-state index is 11.4. The van der Waals surface area contributed by atoms with Crippen LogP contribution in [0.2, 0.25) is 0 Å². The lowest BCUT2D eigenvalue weighted by atomic mass is 10.2. The van der Waals surface area contributed by atoms with Gasteiger partial charge in [-0.15, -0.1) is 11.3 Å². The second-order valence-corrected chi connectivity index (χ2v) is 10.2. The molecule has 12 heteroatoms. The number of aromatic hydroxyl groups is 1. The Balaban J connectivity index is 1.49. The number of nitrogens with zero attached hydrogens (tertiary/aromatic N) is 2. The van der Waals surface area contributed by atoms with E-state index < -0.39 is 10.0 Å². The van der Waals surface area contributed by atoms with E-state index in [0.717, 1.165) is 21.1 Å². The number of aromatic nitrogens is 2. The average molecular weight is 502 g/mol. The van der Waals surface area contributed by atoms with Crippen molar-refractivity contribution in [1.29, 1.82) is 0 Å².